The SMILES string of the molecule is CS(=O)(=O)OCc1c(-c2ccccc2CF)nsc1C(F)(F)F. The van der Waals surface area contributed by atoms with Gasteiger partial charge in [-0.15, -0.1) is 0 Å². The molecule has 0 aliphatic rings. The minimum Gasteiger partial charge on any atom is -0.265 e. The first kappa shape index (κ1) is 17.8. The first-order valence-electron chi connectivity index (χ1n) is 6.18. The van der Waals surface area contributed by atoms with Crippen LogP contribution < -0.4 is 0 Å². The number of hydrogen-bond donors (Lipinski definition) is 0. The lowest BCUT2D eigenvalue weighted by Gasteiger charge is -2.10. The molecule has 0 saturated heterocycles. The molecule has 2 aromatic rings. The highest BCUT2D eigenvalue weighted by Gasteiger charge is 2.38. The zero-order valence-electron chi connectivity index (χ0n) is 11.7. The van der Waals surface area contributed by atoms with Crippen LogP contribution in [0.3, 0.4) is 0 Å². The molecule has 0 bridgehead atoms. The van der Waals surface area contributed by atoms with Crippen LogP contribution in [0.25, 0.3) is 11.3 Å². The van der Waals surface area contributed by atoms with Gasteiger partial charge in [0.1, 0.15) is 11.6 Å². The molecule has 126 valence electrons. The predicted octanol–water partition coefficient (Wildman–Crippen LogP) is 3.77. The average molecular weight is 369 g/mol. The molecule has 0 saturated carbocycles. The van der Waals surface area contributed by atoms with Crippen molar-refractivity contribution in [3.8, 4) is 11.3 Å². The van der Waals surface area contributed by atoms with E-state index < -0.39 is 40.0 Å². The Hall–Kier alpha value is -1.52. The molecule has 0 radical (unpaired) electrons. The summed E-state index contributed by atoms with van der Waals surface area (Å²) in [6.45, 7) is -1.71. The Kier molecular flexibility index (Phi) is 5.07. The maximum atomic E-state index is 13.1. The summed E-state index contributed by atoms with van der Waals surface area (Å²) in [4.78, 5) is -1.06. The minimum absolute atomic E-state index is 0.126. The molecule has 0 N–H and O–H groups in total. The molecule has 1 aromatic heterocycles. The molecule has 1 aromatic carbocycles. The fourth-order valence-corrected chi connectivity index (χ4v) is 3.00. The van der Waals surface area contributed by atoms with Crippen LogP contribution in [0.2, 0.25) is 0 Å². The number of alkyl halides is 4. The third kappa shape index (κ3) is 4.27. The lowest BCUT2D eigenvalue weighted by atomic mass is 10.0. The molecule has 0 fully saturated rings. The van der Waals surface area contributed by atoms with E-state index in [4.69, 9.17) is 0 Å². The van der Waals surface area contributed by atoms with Crippen LogP contribution in [0.1, 0.15) is 16.0 Å². The molecule has 0 unspecified atom stereocenters. The second-order valence-corrected chi connectivity index (χ2v) is 7.01. The van der Waals surface area contributed by atoms with Crippen molar-refractivity contribution >= 4 is 21.7 Å². The highest BCUT2D eigenvalue weighted by Crippen LogP contribution is 2.41. The van der Waals surface area contributed by atoms with Crippen molar-refractivity contribution in [1.82, 2.24) is 4.37 Å². The average Bonchev–Trinajstić information content (AvgIpc) is 2.88. The molecule has 2 rings (SSSR count). The standard InChI is InChI=1S/C13H11F4NO3S2/c1-23(19,20)21-7-10-11(18-22-12(10)13(15,16)17)9-5-3-2-4-8(9)6-14/h2-5H,6-7H2,1H3. The summed E-state index contributed by atoms with van der Waals surface area (Å²) in [5, 5.41) is 0. The normalized spacial score (nSPS) is 12.6. The number of nitrogens with zero attached hydrogens (tertiary/aromatic N) is 1. The Balaban J connectivity index is 2.58. The summed E-state index contributed by atoms with van der Waals surface area (Å²) in [5.41, 5.74) is -0.214. The minimum atomic E-state index is -4.71. The van der Waals surface area contributed by atoms with Crippen LogP contribution in [-0.2, 0) is 33.8 Å². The highest BCUT2D eigenvalue weighted by atomic mass is 32.2. The van der Waals surface area contributed by atoms with Crippen molar-refractivity contribution < 1.29 is 30.2 Å². The van der Waals surface area contributed by atoms with E-state index in [0.29, 0.717) is 0 Å². The Bertz CT molecular complexity index is 800. The molecular formula is C13H11F4NO3S2. The molecule has 0 aliphatic heterocycles. The van der Waals surface area contributed by atoms with Crippen molar-refractivity contribution in [2.24, 2.45) is 0 Å². The topological polar surface area (TPSA) is 56.3 Å². The van der Waals surface area contributed by atoms with Crippen LogP contribution in [0.4, 0.5) is 17.6 Å². The fraction of sp³-hybridized carbons (Fsp3) is 0.308. The van der Waals surface area contributed by atoms with Gasteiger partial charge in [-0.3, -0.25) is 4.18 Å². The largest absolute Gasteiger partial charge is 0.427 e. The summed E-state index contributed by atoms with van der Waals surface area (Å²) in [7, 11) is -3.94. The van der Waals surface area contributed by atoms with E-state index >= 15 is 0 Å². The smallest absolute Gasteiger partial charge is 0.265 e. The van der Waals surface area contributed by atoms with Crippen LogP contribution >= 0.6 is 11.5 Å². The molecule has 0 aliphatic carbocycles. The van der Waals surface area contributed by atoms with Crippen molar-refractivity contribution in [3.05, 3.63) is 40.3 Å². The van der Waals surface area contributed by atoms with Gasteiger partial charge in [0.15, 0.2) is 0 Å². The van der Waals surface area contributed by atoms with Gasteiger partial charge in [-0.25, -0.2) is 4.39 Å². The van der Waals surface area contributed by atoms with Gasteiger partial charge in [0, 0.05) is 11.1 Å². The summed E-state index contributed by atoms with van der Waals surface area (Å²) >= 11 is 0.175. The number of benzene rings is 1. The van der Waals surface area contributed by atoms with E-state index in [2.05, 4.69) is 8.56 Å². The molecule has 1 heterocycles. The third-order valence-corrected chi connectivity index (χ3v) is 4.36. The summed E-state index contributed by atoms with van der Waals surface area (Å²) in [6.07, 6.45) is -3.98. The third-order valence-electron chi connectivity index (χ3n) is 2.88. The zero-order valence-corrected chi connectivity index (χ0v) is 13.4. The Labute approximate surface area is 134 Å². The van der Waals surface area contributed by atoms with Gasteiger partial charge in [0.2, 0.25) is 0 Å². The maximum absolute atomic E-state index is 13.1. The van der Waals surface area contributed by atoms with E-state index in [9.17, 15) is 26.0 Å². The van der Waals surface area contributed by atoms with Gasteiger partial charge >= 0.3 is 6.18 Å². The van der Waals surface area contributed by atoms with Crippen LogP contribution in [0.5, 0.6) is 0 Å². The van der Waals surface area contributed by atoms with E-state index in [1.54, 1.807) is 6.07 Å². The predicted molar refractivity (Wildman–Crippen MR) is 77.0 cm³/mol. The first-order chi connectivity index (χ1) is 10.6. The monoisotopic (exact) mass is 369 g/mol. The molecule has 4 nitrogen and oxygen atoms in total. The number of halogens is 4. The van der Waals surface area contributed by atoms with Gasteiger partial charge in [-0.05, 0) is 17.1 Å². The number of rotatable bonds is 5. The highest BCUT2D eigenvalue weighted by molar-refractivity contribution is 7.85. The Morgan fingerprint density at radius 1 is 1.26 bits per heavy atom. The van der Waals surface area contributed by atoms with Gasteiger partial charge in [0.25, 0.3) is 10.1 Å². The summed E-state index contributed by atoms with van der Waals surface area (Å²) in [6, 6.07) is 5.92. The lowest BCUT2D eigenvalue weighted by molar-refractivity contribution is -0.135. The van der Waals surface area contributed by atoms with Crippen molar-refractivity contribution in [2.75, 3.05) is 6.26 Å². The second kappa shape index (κ2) is 6.54. The van der Waals surface area contributed by atoms with Gasteiger partial charge in [-0.1, -0.05) is 24.3 Å². The quantitative estimate of drug-likeness (QED) is 0.595. The Morgan fingerprint density at radius 2 is 1.91 bits per heavy atom. The molecule has 0 amide bonds. The van der Waals surface area contributed by atoms with Crippen molar-refractivity contribution in [1.29, 1.82) is 0 Å². The molecular weight excluding hydrogens is 358 g/mol. The number of hydrogen-bond acceptors (Lipinski definition) is 5. The van der Waals surface area contributed by atoms with Crippen LogP contribution in [0.15, 0.2) is 24.3 Å². The van der Waals surface area contributed by atoms with Crippen LogP contribution in [-0.4, -0.2) is 19.0 Å². The summed E-state index contributed by atoms with van der Waals surface area (Å²) in [5.74, 6) is 0. The maximum Gasteiger partial charge on any atom is 0.427 e. The summed E-state index contributed by atoms with van der Waals surface area (Å²) < 4.78 is 82.6. The molecule has 0 atom stereocenters. The number of aromatic nitrogens is 1. The second-order valence-electron chi connectivity index (χ2n) is 4.59. The fourth-order valence-electron chi connectivity index (χ4n) is 1.91. The van der Waals surface area contributed by atoms with E-state index in [1.165, 1.54) is 18.2 Å². The van der Waals surface area contributed by atoms with E-state index in [0.717, 1.165) is 6.26 Å². The molecule has 10 heteroatoms. The zero-order chi connectivity index (χ0) is 17.3. The van der Waals surface area contributed by atoms with Gasteiger partial charge < -0.3 is 0 Å². The van der Waals surface area contributed by atoms with Crippen molar-refractivity contribution in [3.63, 3.8) is 0 Å². The van der Waals surface area contributed by atoms with Crippen molar-refractivity contribution in [2.45, 2.75) is 19.5 Å². The van der Waals surface area contributed by atoms with E-state index in [-0.39, 0.29) is 28.4 Å². The van der Waals surface area contributed by atoms with E-state index in [1.807, 2.05) is 0 Å². The van der Waals surface area contributed by atoms with Crippen LogP contribution in [0, 0.1) is 0 Å². The molecule has 0 spiro atoms. The molecule has 23 heavy (non-hydrogen) atoms. The van der Waals surface area contributed by atoms with Gasteiger partial charge in [0.05, 0.1) is 18.6 Å². The van der Waals surface area contributed by atoms with Gasteiger partial charge in [-0.2, -0.15) is 26.0 Å². The Morgan fingerprint density at radius 3 is 2.48 bits per heavy atom. The lowest BCUT2D eigenvalue weighted by Crippen LogP contribution is -2.10. The first-order valence-corrected chi connectivity index (χ1v) is 8.77.